The molecule has 5 heteroatoms. The van der Waals surface area contributed by atoms with Crippen molar-refractivity contribution >= 4 is 25.8 Å². The first kappa shape index (κ1) is 15.0. The Labute approximate surface area is 124 Å². The highest BCUT2D eigenvalue weighted by Crippen LogP contribution is 2.30. The molecule has 0 unspecified atom stereocenters. The second-order valence-corrected chi connectivity index (χ2v) is 8.57. The van der Waals surface area contributed by atoms with Gasteiger partial charge >= 0.3 is 0 Å². The molecule has 0 amide bonds. The molecule has 1 atom stereocenters. The van der Waals surface area contributed by atoms with Gasteiger partial charge in [0.15, 0.2) is 0 Å². The SMILES string of the molecule is C[C@H](CS(C)(=O)=O)N(Cc1ccc(Br)cc1)C1CC1. The predicted octanol–water partition coefficient (Wildman–Crippen LogP) is 2.85. The molecule has 0 aliphatic heterocycles. The van der Waals surface area contributed by atoms with Crippen LogP contribution in [0.15, 0.2) is 28.7 Å². The molecule has 1 fully saturated rings. The van der Waals surface area contributed by atoms with E-state index in [0.717, 1.165) is 11.0 Å². The van der Waals surface area contributed by atoms with Crippen molar-refractivity contribution in [1.82, 2.24) is 4.90 Å². The lowest BCUT2D eigenvalue weighted by atomic mass is 10.2. The second kappa shape index (κ2) is 5.94. The van der Waals surface area contributed by atoms with E-state index in [2.05, 4.69) is 33.0 Å². The van der Waals surface area contributed by atoms with Gasteiger partial charge in [-0.15, -0.1) is 0 Å². The van der Waals surface area contributed by atoms with Crippen LogP contribution in [0.25, 0.3) is 0 Å². The molecule has 1 aliphatic carbocycles. The Morgan fingerprint density at radius 1 is 1.32 bits per heavy atom. The standard InChI is InChI=1S/C14H20BrNO2S/c1-11(10-19(2,17)18)16(14-7-8-14)9-12-3-5-13(15)6-4-12/h3-6,11,14H,7-10H2,1-2H3/t11-/m1/s1. The summed E-state index contributed by atoms with van der Waals surface area (Å²) >= 11 is 3.43. The Hall–Kier alpha value is -0.390. The molecule has 0 aromatic heterocycles. The maximum Gasteiger partial charge on any atom is 0.148 e. The van der Waals surface area contributed by atoms with Crippen molar-refractivity contribution in [3.05, 3.63) is 34.3 Å². The van der Waals surface area contributed by atoms with Crippen molar-refractivity contribution in [3.8, 4) is 0 Å². The highest BCUT2D eigenvalue weighted by Gasteiger charge is 2.33. The maximum atomic E-state index is 11.5. The van der Waals surface area contributed by atoms with E-state index in [9.17, 15) is 8.42 Å². The zero-order valence-electron chi connectivity index (χ0n) is 11.3. The van der Waals surface area contributed by atoms with E-state index >= 15 is 0 Å². The van der Waals surface area contributed by atoms with Gasteiger partial charge in [0.1, 0.15) is 9.84 Å². The van der Waals surface area contributed by atoms with Crippen LogP contribution in [-0.4, -0.2) is 37.4 Å². The van der Waals surface area contributed by atoms with Crippen molar-refractivity contribution in [2.45, 2.75) is 38.4 Å². The molecule has 0 bridgehead atoms. The molecule has 2 rings (SSSR count). The summed E-state index contributed by atoms with van der Waals surface area (Å²) in [5.41, 5.74) is 1.23. The summed E-state index contributed by atoms with van der Waals surface area (Å²) in [4.78, 5) is 2.32. The Bertz CT molecular complexity index is 523. The van der Waals surface area contributed by atoms with Gasteiger partial charge in [0.25, 0.3) is 0 Å². The van der Waals surface area contributed by atoms with Gasteiger partial charge in [-0.05, 0) is 37.5 Å². The van der Waals surface area contributed by atoms with E-state index in [4.69, 9.17) is 0 Å². The van der Waals surface area contributed by atoms with Crippen molar-refractivity contribution in [3.63, 3.8) is 0 Å². The number of halogens is 1. The summed E-state index contributed by atoms with van der Waals surface area (Å²) in [6, 6.07) is 8.87. The van der Waals surface area contributed by atoms with E-state index in [1.807, 2.05) is 19.1 Å². The van der Waals surface area contributed by atoms with E-state index in [-0.39, 0.29) is 11.8 Å². The molecule has 0 heterocycles. The molecular formula is C14H20BrNO2S. The summed E-state index contributed by atoms with van der Waals surface area (Å²) < 4.78 is 24.0. The topological polar surface area (TPSA) is 37.4 Å². The summed E-state index contributed by atoms with van der Waals surface area (Å²) in [7, 11) is -2.92. The van der Waals surface area contributed by atoms with E-state index in [1.54, 1.807) is 0 Å². The molecule has 19 heavy (non-hydrogen) atoms. The lowest BCUT2D eigenvalue weighted by Gasteiger charge is -2.28. The number of sulfone groups is 1. The molecule has 0 saturated heterocycles. The van der Waals surface area contributed by atoms with Gasteiger partial charge in [0, 0.05) is 29.4 Å². The molecule has 1 aromatic rings. The summed E-state index contributed by atoms with van der Waals surface area (Å²) in [5, 5.41) is 0. The van der Waals surface area contributed by atoms with Crippen LogP contribution < -0.4 is 0 Å². The van der Waals surface area contributed by atoms with E-state index in [0.29, 0.717) is 6.04 Å². The van der Waals surface area contributed by atoms with Crippen LogP contribution in [0.4, 0.5) is 0 Å². The maximum absolute atomic E-state index is 11.5. The van der Waals surface area contributed by atoms with Gasteiger partial charge in [-0.1, -0.05) is 28.1 Å². The average Bonchev–Trinajstić information content (AvgIpc) is 3.09. The molecule has 0 N–H and O–H groups in total. The summed E-state index contributed by atoms with van der Waals surface area (Å²) in [5.74, 6) is 0.236. The number of hydrogen-bond acceptors (Lipinski definition) is 3. The van der Waals surface area contributed by atoms with Crippen LogP contribution in [0.3, 0.4) is 0 Å². The van der Waals surface area contributed by atoms with Gasteiger partial charge < -0.3 is 0 Å². The molecule has 1 saturated carbocycles. The molecule has 1 aliphatic rings. The molecule has 3 nitrogen and oxygen atoms in total. The Kier molecular flexibility index (Phi) is 4.69. The van der Waals surface area contributed by atoms with Crippen molar-refractivity contribution in [1.29, 1.82) is 0 Å². The zero-order chi connectivity index (χ0) is 14.0. The number of rotatable bonds is 6. The summed E-state index contributed by atoms with van der Waals surface area (Å²) in [6.45, 7) is 2.84. The second-order valence-electron chi connectivity index (χ2n) is 5.47. The Morgan fingerprint density at radius 3 is 2.37 bits per heavy atom. The molecule has 0 radical (unpaired) electrons. The van der Waals surface area contributed by atoms with Crippen molar-refractivity contribution < 1.29 is 8.42 Å². The average molecular weight is 346 g/mol. The summed E-state index contributed by atoms with van der Waals surface area (Å²) in [6.07, 6.45) is 3.68. The van der Waals surface area contributed by atoms with E-state index < -0.39 is 9.84 Å². The molecule has 1 aromatic carbocycles. The van der Waals surface area contributed by atoms with Gasteiger partial charge in [0.2, 0.25) is 0 Å². The third kappa shape index (κ3) is 4.89. The van der Waals surface area contributed by atoms with Gasteiger partial charge in [0.05, 0.1) is 5.75 Å². The Morgan fingerprint density at radius 2 is 1.89 bits per heavy atom. The first-order chi connectivity index (χ1) is 8.85. The van der Waals surface area contributed by atoms with Crippen LogP contribution in [-0.2, 0) is 16.4 Å². The normalized spacial score (nSPS) is 17.7. The Balaban J connectivity index is 2.06. The quantitative estimate of drug-likeness (QED) is 0.795. The largest absolute Gasteiger partial charge is 0.292 e. The third-order valence-corrected chi connectivity index (χ3v) is 5.02. The fourth-order valence-corrected chi connectivity index (χ4v) is 3.72. The van der Waals surface area contributed by atoms with E-state index in [1.165, 1.54) is 24.7 Å². The first-order valence-electron chi connectivity index (χ1n) is 6.53. The van der Waals surface area contributed by atoms with Crippen LogP contribution in [0.2, 0.25) is 0 Å². The highest BCUT2D eigenvalue weighted by atomic mass is 79.9. The smallest absolute Gasteiger partial charge is 0.148 e. The van der Waals surface area contributed by atoms with Gasteiger partial charge in [-0.3, -0.25) is 4.90 Å². The number of hydrogen-bond donors (Lipinski definition) is 0. The van der Waals surface area contributed by atoms with Crippen LogP contribution in [0.1, 0.15) is 25.3 Å². The minimum Gasteiger partial charge on any atom is -0.292 e. The fourth-order valence-electron chi connectivity index (χ4n) is 2.39. The van der Waals surface area contributed by atoms with Crippen molar-refractivity contribution in [2.75, 3.05) is 12.0 Å². The van der Waals surface area contributed by atoms with Gasteiger partial charge in [-0.2, -0.15) is 0 Å². The predicted molar refractivity (Wildman–Crippen MR) is 81.9 cm³/mol. The van der Waals surface area contributed by atoms with Crippen LogP contribution in [0, 0.1) is 0 Å². The molecule has 106 valence electrons. The fraction of sp³-hybridized carbons (Fsp3) is 0.571. The molecular weight excluding hydrogens is 326 g/mol. The minimum absolute atomic E-state index is 0.0751. The highest BCUT2D eigenvalue weighted by molar-refractivity contribution is 9.10. The lowest BCUT2D eigenvalue weighted by Crippen LogP contribution is -2.39. The lowest BCUT2D eigenvalue weighted by molar-refractivity contribution is 0.204. The molecule has 0 spiro atoms. The zero-order valence-corrected chi connectivity index (χ0v) is 13.7. The first-order valence-corrected chi connectivity index (χ1v) is 9.38. The number of nitrogens with zero attached hydrogens (tertiary/aromatic N) is 1. The van der Waals surface area contributed by atoms with Gasteiger partial charge in [-0.25, -0.2) is 8.42 Å². The van der Waals surface area contributed by atoms with Crippen LogP contribution in [0.5, 0.6) is 0 Å². The monoisotopic (exact) mass is 345 g/mol. The van der Waals surface area contributed by atoms with Crippen LogP contribution >= 0.6 is 15.9 Å². The van der Waals surface area contributed by atoms with Crippen molar-refractivity contribution in [2.24, 2.45) is 0 Å². The minimum atomic E-state index is -2.92. The third-order valence-electron chi connectivity index (χ3n) is 3.40. The number of benzene rings is 1.